The van der Waals surface area contributed by atoms with Gasteiger partial charge in [0.25, 0.3) is 0 Å². The van der Waals surface area contributed by atoms with Crippen molar-refractivity contribution in [1.29, 1.82) is 0 Å². The number of amides is 1. The zero-order valence-corrected chi connectivity index (χ0v) is 14.6. The van der Waals surface area contributed by atoms with E-state index in [-0.39, 0.29) is 23.9 Å². The summed E-state index contributed by atoms with van der Waals surface area (Å²) in [5, 5.41) is 5.57. The zero-order chi connectivity index (χ0) is 15.5. The maximum absolute atomic E-state index is 11.4. The van der Waals surface area contributed by atoms with Crippen LogP contribution in [0.3, 0.4) is 0 Å². The van der Waals surface area contributed by atoms with E-state index in [2.05, 4.69) is 15.3 Å². The number of rotatable bonds is 4. The number of aromatic nitrogens is 2. The first-order valence-electron chi connectivity index (χ1n) is 6.60. The van der Waals surface area contributed by atoms with Crippen molar-refractivity contribution in [3.8, 4) is 21.1 Å². The highest BCUT2D eigenvalue weighted by Crippen LogP contribution is 2.32. The molecule has 120 valence electrons. The van der Waals surface area contributed by atoms with Crippen molar-refractivity contribution in [1.82, 2.24) is 15.3 Å². The maximum Gasteiger partial charge on any atom is 0.248 e. The minimum atomic E-state index is -0.136. The molecule has 8 heteroatoms. The van der Waals surface area contributed by atoms with Crippen LogP contribution in [0, 0.1) is 0 Å². The maximum atomic E-state index is 11.4. The fourth-order valence-electron chi connectivity index (χ4n) is 1.92. The van der Waals surface area contributed by atoms with E-state index in [9.17, 15) is 9.59 Å². The number of thiazole rings is 1. The van der Waals surface area contributed by atoms with Crippen LogP contribution in [0.4, 0.5) is 0 Å². The van der Waals surface area contributed by atoms with Gasteiger partial charge in [0.2, 0.25) is 11.5 Å². The number of halogens is 1. The van der Waals surface area contributed by atoms with E-state index in [1.54, 1.807) is 23.6 Å². The Hall–Kier alpha value is -1.96. The number of pyridine rings is 1. The van der Waals surface area contributed by atoms with Crippen molar-refractivity contribution in [3.63, 3.8) is 0 Å². The molecule has 3 rings (SSSR count). The highest BCUT2D eigenvalue weighted by Gasteiger charge is 2.09. The zero-order valence-electron chi connectivity index (χ0n) is 12.2. The summed E-state index contributed by atoms with van der Waals surface area (Å²) in [5.41, 5.74) is 1.57. The van der Waals surface area contributed by atoms with Crippen LogP contribution in [-0.4, -0.2) is 15.9 Å². The molecule has 3 heterocycles. The van der Waals surface area contributed by atoms with Crippen molar-refractivity contribution in [3.05, 3.63) is 51.1 Å². The lowest BCUT2D eigenvalue weighted by Gasteiger charge is -1.97. The molecule has 3 aromatic heterocycles. The SMILES string of the molecule is CC(=O)NCc1ccc(-c2csc(-c3cc[nH]c(=O)c3)n2)s1.Cl. The third-order valence-corrected chi connectivity index (χ3v) is 4.95. The summed E-state index contributed by atoms with van der Waals surface area (Å²) in [5.74, 6) is -0.0415. The molecule has 0 aliphatic rings. The second-order valence-electron chi connectivity index (χ2n) is 4.66. The second-order valence-corrected chi connectivity index (χ2v) is 6.68. The van der Waals surface area contributed by atoms with Crippen LogP contribution in [-0.2, 0) is 11.3 Å². The number of hydrogen-bond donors (Lipinski definition) is 2. The predicted octanol–water partition coefficient (Wildman–Crippen LogP) is 3.28. The number of thiophene rings is 1. The molecule has 0 unspecified atom stereocenters. The Labute approximate surface area is 146 Å². The van der Waals surface area contributed by atoms with Crippen LogP contribution >= 0.6 is 35.1 Å². The Kier molecular flexibility index (Phi) is 5.70. The summed E-state index contributed by atoms with van der Waals surface area (Å²) < 4.78 is 0. The van der Waals surface area contributed by atoms with Gasteiger partial charge in [0, 0.05) is 35.0 Å². The molecule has 0 aromatic carbocycles. The Bertz CT molecular complexity index is 869. The average Bonchev–Trinajstić information content (AvgIpc) is 3.14. The van der Waals surface area contributed by atoms with Gasteiger partial charge in [-0.25, -0.2) is 4.98 Å². The van der Waals surface area contributed by atoms with Gasteiger partial charge in [-0.3, -0.25) is 9.59 Å². The Morgan fingerprint density at radius 3 is 2.91 bits per heavy atom. The molecule has 23 heavy (non-hydrogen) atoms. The molecule has 0 atom stereocenters. The van der Waals surface area contributed by atoms with Gasteiger partial charge >= 0.3 is 0 Å². The number of hydrogen-bond acceptors (Lipinski definition) is 5. The number of aromatic amines is 1. The van der Waals surface area contributed by atoms with E-state index in [0.29, 0.717) is 6.54 Å². The van der Waals surface area contributed by atoms with Crippen LogP contribution < -0.4 is 10.9 Å². The highest BCUT2D eigenvalue weighted by atomic mass is 35.5. The van der Waals surface area contributed by atoms with Crippen molar-refractivity contribution in [2.45, 2.75) is 13.5 Å². The predicted molar refractivity (Wildman–Crippen MR) is 96.3 cm³/mol. The number of nitrogens with zero attached hydrogens (tertiary/aromatic N) is 1. The standard InChI is InChI=1S/C15H13N3O2S2.ClH/c1-9(19)17-7-11-2-3-13(22-11)12-8-21-15(18-12)10-4-5-16-14(20)6-10;/h2-6,8H,7H2,1H3,(H,16,20)(H,17,19);1H. The van der Waals surface area contributed by atoms with Crippen LogP contribution in [0.1, 0.15) is 11.8 Å². The van der Waals surface area contributed by atoms with Gasteiger partial charge in [-0.15, -0.1) is 35.1 Å². The summed E-state index contributed by atoms with van der Waals surface area (Å²) in [7, 11) is 0. The Balaban J connectivity index is 0.00000192. The Morgan fingerprint density at radius 2 is 2.17 bits per heavy atom. The first kappa shape index (κ1) is 17.4. The summed E-state index contributed by atoms with van der Waals surface area (Å²) in [4.78, 5) is 31.6. The lowest BCUT2D eigenvalue weighted by atomic mass is 10.3. The molecule has 0 saturated carbocycles. The monoisotopic (exact) mass is 367 g/mol. The quantitative estimate of drug-likeness (QED) is 0.743. The van der Waals surface area contributed by atoms with Gasteiger partial charge in [0.1, 0.15) is 5.01 Å². The summed E-state index contributed by atoms with van der Waals surface area (Å²) in [6.45, 7) is 2.04. The molecule has 3 aromatic rings. The molecule has 0 radical (unpaired) electrons. The van der Waals surface area contributed by atoms with E-state index in [1.165, 1.54) is 18.3 Å². The van der Waals surface area contributed by atoms with Gasteiger partial charge in [-0.05, 0) is 18.2 Å². The van der Waals surface area contributed by atoms with Gasteiger partial charge < -0.3 is 10.3 Å². The molecule has 0 spiro atoms. The van der Waals surface area contributed by atoms with Gasteiger partial charge in [0.15, 0.2) is 0 Å². The largest absolute Gasteiger partial charge is 0.351 e. The molecule has 0 aliphatic carbocycles. The van der Waals surface area contributed by atoms with Gasteiger partial charge in [-0.1, -0.05) is 0 Å². The lowest BCUT2D eigenvalue weighted by Crippen LogP contribution is -2.17. The van der Waals surface area contributed by atoms with Crippen molar-refractivity contribution in [2.75, 3.05) is 0 Å². The van der Waals surface area contributed by atoms with Crippen LogP contribution in [0.2, 0.25) is 0 Å². The van der Waals surface area contributed by atoms with E-state index < -0.39 is 0 Å². The minimum absolute atomic E-state index is 0. The van der Waals surface area contributed by atoms with Crippen molar-refractivity contribution >= 4 is 41.0 Å². The van der Waals surface area contributed by atoms with Crippen LogP contribution in [0.5, 0.6) is 0 Å². The first-order valence-corrected chi connectivity index (χ1v) is 8.29. The molecule has 5 nitrogen and oxygen atoms in total. The molecular weight excluding hydrogens is 354 g/mol. The van der Waals surface area contributed by atoms with E-state index in [0.717, 1.165) is 26.0 Å². The fourth-order valence-corrected chi connectivity index (χ4v) is 3.72. The molecule has 1 amide bonds. The second kappa shape index (κ2) is 7.54. The van der Waals surface area contributed by atoms with Gasteiger partial charge in [-0.2, -0.15) is 0 Å². The number of carbonyl (C=O) groups excluding carboxylic acids is 1. The van der Waals surface area contributed by atoms with Crippen molar-refractivity contribution < 1.29 is 4.79 Å². The molecule has 0 aliphatic heterocycles. The Morgan fingerprint density at radius 1 is 1.35 bits per heavy atom. The van der Waals surface area contributed by atoms with E-state index in [4.69, 9.17) is 0 Å². The van der Waals surface area contributed by atoms with Crippen LogP contribution in [0.25, 0.3) is 21.1 Å². The average molecular weight is 368 g/mol. The third-order valence-electron chi connectivity index (χ3n) is 2.95. The van der Waals surface area contributed by atoms with Crippen molar-refractivity contribution in [2.24, 2.45) is 0 Å². The number of H-pyrrole nitrogens is 1. The summed E-state index contributed by atoms with van der Waals surface area (Å²) in [6.07, 6.45) is 1.62. The minimum Gasteiger partial charge on any atom is -0.351 e. The topological polar surface area (TPSA) is 74.8 Å². The molecule has 0 fully saturated rings. The smallest absolute Gasteiger partial charge is 0.248 e. The molecule has 2 N–H and O–H groups in total. The first-order chi connectivity index (χ1) is 10.6. The highest BCUT2D eigenvalue weighted by molar-refractivity contribution is 7.16. The number of carbonyl (C=O) groups is 1. The van der Waals surface area contributed by atoms with E-state index >= 15 is 0 Å². The van der Waals surface area contributed by atoms with Gasteiger partial charge in [0.05, 0.1) is 17.1 Å². The number of nitrogens with one attached hydrogen (secondary N) is 2. The normalized spacial score (nSPS) is 10.1. The summed E-state index contributed by atoms with van der Waals surface area (Å²) >= 11 is 3.11. The lowest BCUT2D eigenvalue weighted by molar-refractivity contribution is -0.119. The fraction of sp³-hybridized carbons (Fsp3) is 0.133. The van der Waals surface area contributed by atoms with Crippen LogP contribution in [0.15, 0.2) is 40.6 Å². The third kappa shape index (κ3) is 4.28. The molecular formula is C15H14ClN3O2S2. The van der Waals surface area contributed by atoms with E-state index in [1.807, 2.05) is 23.6 Å². The molecule has 0 saturated heterocycles. The molecule has 0 bridgehead atoms. The summed E-state index contributed by atoms with van der Waals surface area (Å²) in [6, 6.07) is 7.36.